The van der Waals surface area contributed by atoms with Crippen LogP contribution in [0.15, 0.2) is 66.0 Å². The molecule has 3 aromatic rings. The fraction of sp³-hybridized carbons (Fsp3) is 0.111. The Kier molecular flexibility index (Phi) is 4.68. The van der Waals surface area contributed by atoms with Crippen molar-refractivity contribution >= 4 is 28.1 Å². The molecule has 1 heterocycles. The fourth-order valence-electron chi connectivity index (χ4n) is 2.30. The third-order valence-corrected chi connectivity index (χ3v) is 4.27. The minimum atomic E-state index is -0.865. The summed E-state index contributed by atoms with van der Waals surface area (Å²) in [6.45, 7) is 0.685. The van der Waals surface area contributed by atoms with E-state index in [-0.39, 0.29) is 6.42 Å². The lowest BCUT2D eigenvalue weighted by molar-refractivity contribution is -0.136. The van der Waals surface area contributed by atoms with Crippen LogP contribution < -0.4 is 4.90 Å². The van der Waals surface area contributed by atoms with E-state index in [4.69, 9.17) is 5.11 Å². The second-order valence-electron chi connectivity index (χ2n) is 5.10. The number of para-hydroxylation sites is 1. The molecule has 0 aliphatic heterocycles. The standard InChI is InChI=1S/C18H16N2O2S/c21-17(22)11-15-13-23-18(19-15)20(16-9-5-2-6-10-16)12-14-7-3-1-4-8-14/h1-10,13H,11-12H2,(H,21,22). The van der Waals surface area contributed by atoms with Crippen LogP contribution in [-0.4, -0.2) is 16.1 Å². The highest BCUT2D eigenvalue weighted by atomic mass is 32.1. The van der Waals surface area contributed by atoms with Crippen LogP contribution in [-0.2, 0) is 17.8 Å². The SMILES string of the molecule is O=C(O)Cc1csc(N(Cc2ccccc2)c2ccccc2)n1. The zero-order valence-electron chi connectivity index (χ0n) is 12.4. The molecule has 0 saturated heterocycles. The smallest absolute Gasteiger partial charge is 0.309 e. The number of thiazole rings is 1. The molecule has 116 valence electrons. The normalized spacial score (nSPS) is 10.4. The molecule has 0 aliphatic rings. The van der Waals surface area contributed by atoms with Gasteiger partial charge in [0, 0.05) is 11.1 Å². The number of carboxylic acid groups (broad SMARTS) is 1. The van der Waals surface area contributed by atoms with Crippen molar-refractivity contribution in [2.45, 2.75) is 13.0 Å². The minimum absolute atomic E-state index is 0.0511. The molecule has 0 fully saturated rings. The molecule has 2 aromatic carbocycles. The van der Waals surface area contributed by atoms with E-state index in [9.17, 15) is 4.79 Å². The number of hydrogen-bond donors (Lipinski definition) is 1. The second-order valence-corrected chi connectivity index (χ2v) is 5.94. The number of anilines is 2. The zero-order chi connectivity index (χ0) is 16.1. The molecular formula is C18H16N2O2S. The lowest BCUT2D eigenvalue weighted by Gasteiger charge is -2.22. The number of aromatic nitrogens is 1. The first-order valence-electron chi connectivity index (χ1n) is 7.25. The Morgan fingerprint density at radius 3 is 2.35 bits per heavy atom. The van der Waals surface area contributed by atoms with E-state index in [1.165, 1.54) is 16.9 Å². The summed E-state index contributed by atoms with van der Waals surface area (Å²) in [5.41, 5.74) is 2.80. The molecule has 1 N–H and O–H groups in total. The van der Waals surface area contributed by atoms with Gasteiger partial charge in [-0.1, -0.05) is 48.5 Å². The number of nitrogens with zero attached hydrogens (tertiary/aromatic N) is 2. The average molecular weight is 324 g/mol. The first-order valence-corrected chi connectivity index (χ1v) is 8.13. The zero-order valence-corrected chi connectivity index (χ0v) is 13.2. The molecule has 0 bridgehead atoms. The molecule has 0 radical (unpaired) electrons. The van der Waals surface area contributed by atoms with Gasteiger partial charge in [-0.3, -0.25) is 4.79 Å². The van der Waals surface area contributed by atoms with E-state index >= 15 is 0 Å². The van der Waals surface area contributed by atoms with Crippen LogP contribution in [0.25, 0.3) is 0 Å². The number of aliphatic carboxylic acids is 1. The van der Waals surface area contributed by atoms with Gasteiger partial charge in [0.1, 0.15) is 0 Å². The lowest BCUT2D eigenvalue weighted by Crippen LogP contribution is -2.16. The summed E-state index contributed by atoms with van der Waals surface area (Å²) in [5, 5.41) is 11.5. The van der Waals surface area contributed by atoms with Crippen LogP contribution in [0, 0.1) is 0 Å². The maximum absolute atomic E-state index is 10.9. The minimum Gasteiger partial charge on any atom is -0.481 e. The summed E-state index contributed by atoms with van der Waals surface area (Å²) in [6.07, 6.45) is -0.0511. The number of rotatable bonds is 6. The molecular weight excluding hydrogens is 308 g/mol. The van der Waals surface area contributed by atoms with Crippen molar-refractivity contribution in [2.24, 2.45) is 0 Å². The van der Waals surface area contributed by atoms with Crippen molar-refractivity contribution < 1.29 is 9.90 Å². The van der Waals surface area contributed by atoms with Crippen molar-refractivity contribution in [1.82, 2.24) is 4.98 Å². The number of benzene rings is 2. The number of hydrogen-bond acceptors (Lipinski definition) is 4. The van der Waals surface area contributed by atoms with Crippen LogP contribution in [0.1, 0.15) is 11.3 Å². The maximum atomic E-state index is 10.9. The molecule has 0 aliphatic carbocycles. The Balaban J connectivity index is 1.92. The second kappa shape index (κ2) is 7.07. The largest absolute Gasteiger partial charge is 0.481 e. The third kappa shape index (κ3) is 3.96. The predicted octanol–water partition coefficient (Wildman–Crippen LogP) is 4.11. The highest BCUT2D eigenvalue weighted by Gasteiger charge is 2.15. The van der Waals surface area contributed by atoms with E-state index in [1.54, 1.807) is 0 Å². The van der Waals surface area contributed by atoms with Crippen LogP contribution in [0.3, 0.4) is 0 Å². The molecule has 1 aromatic heterocycles. The highest BCUT2D eigenvalue weighted by Crippen LogP contribution is 2.30. The first-order chi connectivity index (χ1) is 11.2. The molecule has 5 heteroatoms. The van der Waals surface area contributed by atoms with E-state index in [0.29, 0.717) is 12.2 Å². The van der Waals surface area contributed by atoms with Crippen molar-refractivity contribution in [1.29, 1.82) is 0 Å². The lowest BCUT2D eigenvalue weighted by atomic mass is 10.2. The van der Waals surface area contributed by atoms with Crippen LogP contribution in [0.2, 0.25) is 0 Å². The number of carbonyl (C=O) groups is 1. The van der Waals surface area contributed by atoms with E-state index < -0.39 is 5.97 Å². The van der Waals surface area contributed by atoms with Gasteiger partial charge < -0.3 is 10.0 Å². The van der Waals surface area contributed by atoms with E-state index in [1.807, 2.05) is 53.9 Å². The summed E-state index contributed by atoms with van der Waals surface area (Å²) in [6, 6.07) is 20.2. The van der Waals surface area contributed by atoms with Gasteiger partial charge in [-0.2, -0.15) is 0 Å². The quantitative estimate of drug-likeness (QED) is 0.741. The molecule has 0 atom stereocenters. The topological polar surface area (TPSA) is 53.4 Å². The molecule has 23 heavy (non-hydrogen) atoms. The van der Waals surface area contributed by atoms with Gasteiger partial charge in [0.05, 0.1) is 18.7 Å². The third-order valence-electron chi connectivity index (χ3n) is 3.35. The summed E-state index contributed by atoms with van der Waals surface area (Å²) in [4.78, 5) is 17.4. The monoisotopic (exact) mass is 324 g/mol. The molecule has 4 nitrogen and oxygen atoms in total. The van der Waals surface area contributed by atoms with Crippen LogP contribution in [0.5, 0.6) is 0 Å². The van der Waals surface area contributed by atoms with Crippen LogP contribution in [0.4, 0.5) is 10.8 Å². The van der Waals surface area contributed by atoms with Gasteiger partial charge in [-0.25, -0.2) is 4.98 Å². The first kappa shape index (κ1) is 15.2. The molecule has 0 saturated carbocycles. The number of carboxylic acids is 1. The van der Waals surface area contributed by atoms with E-state index in [2.05, 4.69) is 22.0 Å². The van der Waals surface area contributed by atoms with Crippen molar-refractivity contribution in [3.05, 3.63) is 77.3 Å². The van der Waals surface area contributed by atoms with Gasteiger partial charge >= 0.3 is 5.97 Å². The average Bonchev–Trinajstić information content (AvgIpc) is 3.02. The Labute approximate surface area is 138 Å². The Hall–Kier alpha value is -2.66. The van der Waals surface area contributed by atoms with Crippen molar-refractivity contribution in [2.75, 3.05) is 4.90 Å². The van der Waals surface area contributed by atoms with Gasteiger partial charge in [-0.15, -0.1) is 11.3 Å². The molecule has 3 rings (SSSR count). The van der Waals surface area contributed by atoms with Crippen molar-refractivity contribution in [3.8, 4) is 0 Å². The summed E-state index contributed by atoms with van der Waals surface area (Å²) < 4.78 is 0. The van der Waals surface area contributed by atoms with Gasteiger partial charge in [0.2, 0.25) is 0 Å². The molecule has 0 unspecified atom stereocenters. The summed E-state index contributed by atoms with van der Waals surface area (Å²) in [7, 11) is 0. The van der Waals surface area contributed by atoms with Crippen molar-refractivity contribution in [3.63, 3.8) is 0 Å². The maximum Gasteiger partial charge on any atom is 0.309 e. The fourth-order valence-corrected chi connectivity index (χ4v) is 3.14. The van der Waals surface area contributed by atoms with Gasteiger partial charge in [-0.05, 0) is 17.7 Å². The highest BCUT2D eigenvalue weighted by molar-refractivity contribution is 7.13. The van der Waals surface area contributed by atoms with Gasteiger partial charge in [0.25, 0.3) is 0 Å². The Morgan fingerprint density at radius 1 is 1.04 bits per heavy atom. The Bertz CT molecular complexity index is 772. The van der Waals surface area contributed by atoms with Gasteiger partial charge in [0.15, 0.2) is 5.13 Å². The predicted molar refractivity (Wildman–Crippen MR) is 92.2 cm³/mol. The molecule has 0 spiro atoms. The Morgan fingerprint density at radius 2 is 1.70 bits per heavy atom. The van der Waals surface area contributed by atoms with Crippen LogP contribution >= 0.6 is 11.3 Å². The van der Waals surface area contributed by atoms with E-state index in [0.717, 1.165) is 10.8 Å². The molecule has 0 amide bonds. The summed E-state index contributed by atoms with van der Waals surface area (Å²) >= 11 is 1.47. The summed E-state index contributed by atoms with van der Waals surface area (Å²) in [5.74, 6) is -0.865.